The van der Waals surface area contributed by atoms with E-state index < -0.39 is 0 Å². The van der Waals surface area contributed by atoms with Crippen molar-refractivity contribution < 1.29 is 4.74 Å². The van der Waals surface area contributed by atoms with Crippen LogP contribution in [0.2, 0.25) is 0 Å². The van der Waals surface area contributed by atoms with Crippen molar-refractivity contribution >= 4 is 17.4 Å². The SMILES string of the molecule is COCC1CCN(c2nc(C)cc(C)c2CCl)CC1. The number of hydrogen-bond acceptors (Lipinski definition) is 3. The molecule has 0 aliphatic carbocycles. The van der Waals surface area contributed by atoms with Crippen LogP contribution in [-0.4, -0.2) is 31.8 Å². The molecule has 4 heteroatoms. The van der Waals surface area contributed by atoms with Gasteiger partial charge in [0.15, 0.2) is 0 Å². The molecule has 2 heterocycles. The number of alkyl halides is 1. The van der Waals surface area contributed by atoms with Gasteiger partial charge in [0.2, 0.25) is 0 Å². The van der Waals surface area contributed by atoms with Crippen molar-refractivity contribution in [3.8, 4) is 0 Å². The molecule has 0 unspecified atom stereocenters. The van der Waals surface area contributed by atoms with Crippen LogP contribution in [0.4, 0.5) is 5.82 Å². The smallest absolute Gasteiger partial charge is 0.133 e. The molecule has 0 saturated carbocycles. The van der Waals surface area contributed by atoms with Gasteiger partial charge in [0.25, 0.3) is 0 Å². The molecular weight excluding hydrogens is 260 g/mol. The van der Waals surface area contributed by atoms with E-state index in [1.807, 2.05) is 6.92 Å². The number of aryl methyl sites for hydroxylation is 2. The fraction of sp³-hybridized carbons (Fsp3) is 0.667. The van der Waals surface area contributed by atoms with E-state index in [4.69, 9.17) is 21.3 Å². The fourth-order valence-electron chi connectivity index (χ4n) is 2.82. The Morgan fingerprint density at radius 3 is 2.63 bits per heavy atom. The van der Waals surface area contributed by atoms with Gasteiger partial charge in [0, 0.05) is 38.1 Å². The zero-order chi connectivity index (χ0) is 13.8. The van der Waals surface area contributed by atoms with Crippen LogP contribution in [0.5, 0.6) is 0 Å². The first-order valence-corrected chi connectivity index (χ1v) is 7.46. The maximum absolute atomic E-state index is 6.10. The van der Waals surface area contributed by atoms with E-state index in [-0.39, 0.29) is 0 Å². The predicted molar refractivity (Wildman–Crippen MR) is 80.1 cm³/mol. The van der Waals surface area contributed by atoms with Crippen molar-refractivity contribution in [3.63, 3.8) is 0 Å². The molecule has 2 rings (SSSR count). The summed E-state index contributed by atoms with van der Waals surface area (Å²) in [6.45, 7) is 7.14. The van der Waals surface area contributed by atoms with Crippen molar-refractivity contribution in [2.24, 2.45) is 5.92 Å². The summed E-state index contributed by atoms with van der Waals surface area (Å²) in [5.41, 5.74) is 3.49. The number of halogens is 1. The summed E-state index contributed by atoms with van der Waals surface area (Å²) < 4.78 is 5.25. The largest absolute Gasteiger partial charge is 0.384 e. The van der Waals surface area contributed by atoms with Crippen LogP contribution >= 0.6 is 11.6 Å². The maximum Gasteiger partial charge on any atom is 0.133 e. The third-order valence-electron chi connectivity index (χ3n) is 3.90. The summed E-state index contributed by atoms with van der Waals surface area (Å²) in [4.78, 5) is 7.09. The number of rotatable bonds is 4. The summed E-state index contributed by atoms with van der Waals surface area (Å²) in [5.74, 6) is 2.31. The molecule has 106 valence electrons. The highest BCUT2D eigenvalue weighted by Gasteiger charge is 2.22. The lowest BCUT2D eigenvalue weighted by atomic mass is 9.97. The van der Waals surface area contributed by atoms with Crippen LogP contribution in [0.3, 0.4) is 0 Å². The normalized spacial score (nSPS) is 16.9. The number of hydrogen-bond donors (Lipinski definition) is 0. The molecule has 0 bridgehead atoms. The molecule has 1 fully saturated rings. The van der Waals surface area contributed by atoms with Crippen LogP contribution in [0, 0.1) is 19.8 Å². The Bertz CT molecular complexity index is 428. The van der Waals surface area contributed by atoms with Gasteiger partial charge >= 0.3 is 0 Å². The van der Waals surface area contributed by atoms with Crippen LogP contribution in [-0.2, 0) is 10.6 Å². The van der Waals surface area contributed by atoms with Crippen LogP contribution < -0.4 is 4.90 Å². The van der Waals surface area contributed by atoms with Crippen molar-refractivity contribution in [1.29, 1.82) is 0 Å². The summed E-state index contributed by atoms with van der Waals surface area (Å²) in [7, 11) is 1.78. The molecule has 0 N–H and O–H groups in total. The van der Waals surface area contributed by atoms with E-state index >= 15 is 0 Å². The zero-order valence-corrected chi connectivity index (χ0v) is 12.8. The quantitative estimate of drug-likeness (QED) is 0.793. The van der Waals surface area contributed by atoms with Gasteiger partial charge in [-0.05, 0) is 44.2 Å². The average molecular weight is 283 g/mol. The first-order valence-electron chi connectivity index (χ1n) is 6.92. The Hall–Kier alpha value is -0.800. The second kappa shape index (κ2) is 6.58. The molecule has 1 saturated heterocycles. The van der Waals surface area contributed by atoms with Crippen LogP contribution in [0.25, 0.3) is 0 Å². The molecule has 1 aromatic rings. The monoisotopic (exact) mass is 282 g/mol. The zero-order valence-electron chi connectivity index (χ0n) is 12.1. The third-order valence-corrected chi connectivity index (χ3v) is 4.17. The lowest BCUT2D eigenvalue weighted by molar-refractivity contribution is 0.139. The van der Waals surface area contributed by atoms with E-state index in [0.29, 0.717) is 11.8 Å². The van der Waals surface area contributed by atoms with Gasteiger partial charge in [-0.1, -0.05) is 0 Å². The average Bonchev–Trinajstić information content (AvgIpc) is 2.39. The maximum atomic E-state index is 6.10. The van der Waals surface area contributed by atoms with Crippen LogP contribution in [0.15, 0.2) is 6.07 Å². The molecule has 0 spiro atoms. The highest BCUT2D eigenvalue weighted by Crippen LogP contribution is 2.28. The number of piperidine rings is 1. The van der Waals surface area contributed by atoms with Gasteiger partial charge in [-0.15, -0.1) is 11.6 Å². The third kappa shape index (κ3) is 3.40. The second-order valence-electron chi connectivity index (χ2n) is 5.40. The second-order valence-corrected chi connectivity index (χ2v) is 5.67. The molecule has 1 aliphatic heterocycles. The van der Waals surface area contributed by atoms with Gasteiger partial charge in [-0.25, -0.2) is 4.98 Å². The number of pyridine rings is 1. The molecule has 1 aromatic heterocycles. The van der Waals surface area contributed by atoms with Crippen LogP contribution in [0.1, 0.15) is 29.7 Å². The highest BCUT2D eigenvalue weighted by atomic mass is 35.5. The minimum absolute atomic E-state index is 0.534. The van der Waals surface area contributed by atoms with Gasteiger partial charge in [-0.3, -0.25) is 0 Å². The summed E-state index contributed by atoms with van der Waals surface area (Å²) in [5, 5.41) is 0. The van der Waals surface area contributed by atoms with Gasteiger partial charge in [-0.2, -0.15) is 0 Å². The van der Waals surface area contributed by atoms with Gasteiger partial charge < -0.3 is 9.64 Å². The van der Waals surface area contributed by atoms with Crippen molar-refractivity contribution in [1.82, 2.24) is 4.98 Å². The Morgan fingerprint density at radius 2 is 2.05 bits per heavy atom. The molecule has 3 nitrogen and oxygen atoms in total. The van der Waals surface area contributed by atoms with E-state index in [0.717, 1.165) is 31.2 Å². The van der Waals surface area contributed by atoms with E-state index in [1.54, 1.807) is 7.11 Å². The number of ether oxygens (including phenoxy) is 1. The fourth-order valence-corrected chi connectivity index (χ4v) is 3.15. The summed E-state index contributed by atoms with van der Waals surface area (Å²) >= 11 is 6.10. The molecule has 0 radical (unpaired) electrons. The lowest BCUT2D eigenvalue weighted by Crippen LogP contribution is -2.36. The molecule has 19 heavy (non-hydrogen) atoms. The predicted octanol–water partition coefficient (Wildman–Crippen LogP) is 3.30. The van der Waals surface area contributed by atoms with Crippen molar-refractivity contribution in [3.05, 3.63) is 22.9 Å². The van der Waals surface area contributed by atoms with Gasteiger partial charge in [0.1, 0.15) is 5.82 Å². The first-order chi connectivity index (χ1) is 9.15. The highest BCUT2D eigenvalue weighted by molar-refractivity contribution is 6.17. The Balaban J connectivity index is 2.15. The Labute approximate surface area is 120 Å². The first kappa shape index (κ1) is 14.6. The van der Waals surface area contributed by atoms with E-state index in [9.17, 15) is 0 Å². The summed E-state index contributed by atoms with van der Waals surface area (Å²) in [6.07, 6.45) is 2.34. The van der Waals surface area contributed by atoms with E-state index in [2.05, 4.69) is 17.9 Å². The number of aromatic nitrogens is 1. The molecule has 0 aromatic carbocycles. The molecular formula is C15H23ClN2O. The number of methoxy groups -OCH3 is 1. The topological polar surface area (TPSA) is 25.4 Å². The molecule has 1 aliphatic rings. The van der Waals surface area contributed by atoms with Crippen molar-refractivity contribution in [2.75, 3.05) is 31.7 Å². The number of nitrogens with zero attached hydrogens (tertiary/aromatic N) is 2. The minimum Gasteiger partial charge on any atom is -0.384 e. The minimum atomic E-state index is 0.534. The Kier molecular flexibility index (Phi) is 5.06. The lowest BCUT2D eigenvalue weighted by Gasteiger charge is -2.34. The van der Waals surface area contributed by atoms with E-state index in [1.165, 1.54) is 24.0 Å². The molecule has 0 atom stereocenters. The Morgan fingerprint density at radius 1 is 1.37 bits per heavy atom. The number of anilines is 1. The summed E-state index contributed by atoms with van der Waals surface area (Å²) in [6, 6.07) is 2.11. The molecule has 0 amide bonds. The standard InChI is InChI=1S/C15H23ClN2O/c1-11-8-12(2)17-15(14(11)9-16)18-6-4-13(5-7-18)10-19-3/h8,13H,4-7,9-10H2,1-3H3. The van der Waals surface area contributed by atoms with Gasteiger partial charge in [0.05, 0.1) is 5.88 Å². The van der Waals surface area contributed by atoms with Crippen molar-refractivity contribution in [2.45, 2.75) is 32.6 Å².